The number of carbonyl (C=O) groups excluding carboxylic acids is 3. The maximum absolute atomic E-state index is 12.3. The highest BCUT2D eigenvalue weighted by Gasteiger charge is 2.33. The molecule has 0 radical (unpaired) electrons. The zero-order valence-corrected chi connectivity index (χ0v) is 15.3. The Balaban J connectivity index is 2.10. The van der Waals surface area contributed by atoms with Crippen LogP contribution in [0, 0.1) is 13.8 Å². The second-order valence-electron chi connectivity index (χ2n) is 6.33. The monoisotopic (exact) mass is 351 g/mol. The van der Waals surface area contributed by atoms with Crippen LogP contribution in [0.1, 0.15) is 29.4 Å². The number of barbiturate groups is 1. The minimum absolute atomic E-state index is 0.0453. The fourth-order valence-electron chi connectivity index (χ4n) is 3.23. The molecule has 1 aromatic carbocycles. The Morgan fingerprint density at radius 2 is 1.81 bits per heavy atom. The fourth-order valence-corrected chi connectivity index (χ4v) is 3.23. The Labute approximate surface area is 152 Å². The Morgan fingerprint density at radius 1 is 1.12 bits per heavy atom. The number of imide groups is 2. The fraction of sp³-hybridized carbons (Fsp3) is 0.250. The van der Waals surface area contributed by atoms with Crippen molar-refractivity contribution in [2.45, 2.75) is 27.2 Å². The van der Waals surface area contributed by atoms with Crippen molar-refractivity contribution in [1.82, 2.24) is 14.8 Å². The molecule has 1 fully saturated rings. The highest BCUT2D eigenvalue weighted by atomic mass is 16.2. The molecule has 0 atom stereocenters. The van der Waals surface area contributed by atoms with Crippen molar-refractivity contribution in [2.24, 2.45) is 0 Å². The van der Waals surface area contributed by atoms with E-state index in [9.17, 15) is 14.4 Å². The van der Waals surface area contributed by atoms with Crippen molar-refractivity contribution in [3.63, 3.8) is 0 Å². The summed E-state index contributed by atoms with van der Waals surface area (Å²) in [6.07, 6.45) is 2.45. The Kier molecular flexibility index (Phi) is 4.50. The first-order valence-corrected chi connectivity index (χ1v) is 8.47. The van der Waals surface area contributed by atoms with Gasteiger partial charge >= 0.3 is 6.03 Å². The molecule has 2 heterocycles. The molecule has 1 saturated heterocycles. The minimum Gasteiger partial charge on any atom is -0.318 e. The van der Waals surface area contributed by atoms with Gasteiger partial charge in [0.15, 0.2) is 0 Å². The quantitative estimate of drug-likeness (QED) is 0.683. The maximum Gasteiger partial charge on any atom is 0.331 e. The van der Waals surface area contributed by atoms with Crippen molar-refractivity contribution >= 4 is 23.9 Å². The lowest BCUT2D eigenvalue weighted by atomic mass is 10.1. The van der Waals surface area contributed by atoms with E-state index >= 15 is 0 Å². The lowest BCUT2D eigenvalue weighted by molar-refractivity contribution is -0.129. The number of likely N-dealkylation sites (N-methyl/N-ethyl adjacent to an activating group) is 1. The summed E-state index contributed by atoms with van der Waals surface area (Å²) in [4.78, 5) is 36.8. The molecule has 6 nitrogen and oxygen atoms in total. The molecule has 4 amide bonds. The molecular formula is C20H21N3O3. The third kappa shape index (κ3) is 2.83. The van der Waals surface area contributed by atoms with Crippen LogP contribution >= 0.6 is 0 Å². The normalized spacial score (nSPS) is 16.4. The van der Waals surface area contributed by atoms with Gasteiger partial charge in [-0.3, -0.25) is 19.8 Å². The van der Waals surface area contributed by atoms with Gasteiger partial charge in [0.05, 0.1) is 0 Å². The minimum atomic E-state index is -0.709. The third-order valence-corrected chi connectivity index (χ3v) is 4.69. The van der Waals surface area contributed by atoms with E-state index in [1.54, 1.807) is 6.08 Å². The van der Waals surface area contributed by atoms with Gasteiger partial charge in [0.25, 0.3) is 11.8 Å². The molecule has 26 heavy (non-hydrogen) atoms. The number of aryl methyl sites for hydroxylation is 2. The van der Waals surface area contributed by atoms with Gasteiger partial charge in [-0.25, -0.2) is 4.79 Å². The molecule has 0 spiro atoms. The standard InChI is InChI=1S/C20H21N3O3/c1-5-14-8-6-7-9-17(14)23-12(2)10-15(13(23)3)11-16-18(24)21-20(26)22(4)19(16)25/h6-11H,5H2,1-4H3,(H,21,24,26). The number of nitrogens with zero attached hydrogens (tertiary/aromatic N) is 2. The SMILES string of the molecule is CCc1ccccc1-n1c(C)cc(C=C2C(=O)NC(=O)N(C)C2=O)c1C. The summed E-state index contributed by atoms with van der Waals surface area (Å²) in [7, 11) is 1.35. The van der Waals surface area contributed by atoms with Crippen LogP contribution < -0.4 is 5.32 Å². The van der Waals surface area contributed by atoms with Crippen molar-refractivity contribution in [1.29, 1.82) is 0 Å². The zero-order chi connectivity index (χ0) is 19.0. The Hall–Kier alpha value is -3.15. The van der Waals surface area contributed by atoms with Crippen molar-refractivity contribution < 1.29 is 14.4 Å². The summed E-state index contributed by atoms with van der Waals surface area (Å²) in [5.41, 5.74) is 4.96. The predicted octanol–water partition coefficient (Wildman–Crippen LogP) is 2.75. The van der Waals surface area contributed by atoms with E-state index in [2.05, 4.69) is 28.9 Å². The highest BCUT2D eigenvalue weighted by molar-refractivity contribution is 6.30. The topological polar surface area (TPSA) is 71.4 Å². The van der Waals surface area contributed by atoms with Gasteiger partial charge < -0.3 is 4.57 Å². The molecule has 0 saturated carbocycles. The largest absolute Gasteiger partial charge is 0.331 e. The molecular weight excluding hydrogens is 330 g/mol. The van der Waals surface area contributed by atoms with E-state index < -0.39 is 17.8 Å². The van der Waals surface area contributed by atoms with E-state index in [-0.39, 0.29) is 5.57 Å². The molecule has 1 aliphatic heterocycles. The number of carbonyl (C=O) groups is 3. The molecule has 1 aromatic heterocycles. The highest BCUT2D eigenvalue weighted by Crippen LogP contribution is 2.26. The summed E-state index contributed by atoms with van der Waals surface area (Å²) in [5, 5.41) is 2.17. The lowest BCUT2D eigenvalue weighted by Crippen LogP contribution is -2.52. The first kappa shape index (κ1) is 17.7. The van der Waals surface area contributed by atoms with Crippen molar-refractivity contribution in [3.8, 4) is 5.69 Å². The molecule has 1 aliphatic rings. The summed E-state index contributed by atoms with van der Waals surface area (Å²) in [6, 6.07) is 9.37. The van der Waals surface area contributed by atoms with Crippen molar-refractivity contribution in [2.75, 3.05) is 7.05 Å². The molecule has 3 rings (SSSR count). The molecule has 6 heteroatoms. The van der Waals surface area contributed by atoms with Gasteiger partial charge in [0.2, 0.25) is 0 Å². The van der Waals surface area contributed by atoms with Crippen LogP contribution in [-0.2, 0) is 16.0 Å². The molecule has 0 unspecified atom stereocenters. The molecule has 2 aromatic rings. The van der Waals surface area contributed by atoms with E-state index in [0.29, 0.717) is 0 Å². The van der Waals surface area contributed by atoms with E-state index in [1.807, 2.05) is 32.0 Å². The number of para-hydroxylation sites is 1. The summed E-state index contributed by atoms with van der Waals surface area (Å²) in [6.45, 7) is 6.04. The second-order valence-corrected chi connectivity index (χ2v) is 6.33. The first-order chi connectivity index (χ1) is 12.3. The second kappa shape index (κ2) is 6.63. The number of amides is 4. The third-order valence-electron chi connectivity index (χ3n) is 4.69. The first-order valence-electron chi connectivity index (χ1n) is 8.47. The number of aromatic nitrogens is 1. The zero-order valence-electron chi connectivity index (χ0n) is 15.3. The summed E-state index contributed by atoms with van der Waals surface area (Å²) in [5.74, 6) is -1.27. The van der Waals surface area contributed by atoms with Crippen LogP contribution in [0.4, 0.5) is 4.79 Å². The Bertz CT molecular complexity index is 953. The Morgan fingerprint density at radius 3 is 2.50 bits per heavy atom. The molecule has 0 aliphatic carbocycles. The van der Waals surface area contributed by atoms with Crippen molar-refractivity contribution in [3.05, 3.63) is 58.4 Å². The number of benzene rings is 1. The van der Waals surface area contributed by atoms with E-state index in [1.165, 1.54) is 12.6 Å². The lowest BCUT2D eigenvalue weighted by Gasteiger charge is -2.22. The number of urea groups is 1. The van der Waals surface area contributed by atoms with Crippen LogP contribution in [0.3, 0.4) is 0 Å². The molecule has 0 bridgehead atoms. The van der Waals surface area contributed by atoms with Crippen LogP contribution in [0.2, 0.25) is 0 Å². The van der Waals surface area contributed by atoms with Crippen LogP contribution in [0.15, 0.2) is 35.9 Å². The van der Waals surface area contributed by atoms with Gasteiger partial charge in [0.1, 0.15) is 5.57 Å². The van der Waals surface area contributed by atoms with E-state index in [0.717, 1.165) is 34.0 Å². The maximum atomic E-state index is 12.3. The number of hydrogen-bond acceptors (Lipinski definition) is 3. The van der Waals surface area contributed by atoms with Crippen LogP contribution in [0.25, 0.3) is 11.8 Å². The number of hydrogen-bond donors (Lipinski definition) is 1. The summed E-state index contributed by atoms with van der Waals surface area (Å²) < 4.78 is 2.12. The number of rotatable bonds is 3. The van der Waals surface area contributed by atoms with Gasteiger partial charge in [-0.15, -0.1) is 0 Å². The van der Waals surface area contributed by atoms with Crippen LogP contribution in [-0.4, -0.2) is 34.4 Å². The van der Waals surface area contributed by atoms with Gasteiger partial charge in [-0.05, 0) is 49.6 Å². The summed E-state index contributed by atoms with van der Waals surface area (Å²) >= 11 is 0. The van der Waals surface area contributed by atoms with Crippen LogP contribution in [0.5, 0.6) is 0 Å². The molecule has 1 N–H and O–H groups in total. The average Bonchev–Trinajstić information content (AvgIpc) is 2.90. The van der Waals surface area contributed by atoms with Gasteiger partial charge in [-0.1, -0.05) is 25.1 Å². The molecule has 134 valence electrons. The number of nitrogens with one attached hydrogen (secondary N) is 1. The smallest absolute Gasteiger partial charge is 0.318 e. The van der Waals surface area contributed by atoms with E-state index in [4.69, 9.17) is 0 Å². The average molecular weight is 351 g/mol. The predicted molar refractivity (Wildman–Crippen MR) is 98.9 cm³/mol. The van der Waals surface area contributed by atoms with Gasteiger partial charge in [-0.2, -0.15) is 0 Å². The van der Waals surface area contributed by atoms with Gasteiger partial charge in [0, 0.05) is 24.1 Å².